The zero-order valence-electron chi connectivity index (χ0n) is 68.9. The second-order valence-corrected chi connectivity index (χ2v) is 38.1. The fourth-order valence-corrected chi connectivity index (χ4v) is 14.2. The zero-order valence-corrected chi connectivity index (χ0v) is 68.9. The Balaban J connectivity index is 0.847. The van der Waals surface area contributed by atoms with Crippen molar-refractivity contribution in [2.45, 2.75) is 125 Å². The van der Waals surface area contributed by atoms with Crippen LogP contribution in [0.25, 0.3) is 190 Å². The van der Waals surface area contributed by atoms with E-state index in [0.717, 1.165) is 98.7 Å². The van der Waals surface area contributed by atoms with E-state index in [2.05, 4.69) is 181 Å². The standard InChI is InChI=1S/C94H94N16O6/c1-89(2,3)43-111-51-21-29-59-67(37-51)83-101-75(59)95-73-57-27-19-49(35-65(57)81(97-73)99-77-61-31-23-53(113-45-91(7,8)9)39-69(61)85(105-77)109-87-71-41-55(115-47-93(13,14)15)25-33-63(71)79(103-83)107-87)50-20-28-58-66(36-50)82-98-74(58)96-76-60-30-22-52(112-44-90(4,5)6)38-68(60)84(102-76)104-80-64-34-26-56(116-48-94(16,17)18)42-72(64)88(108-80)110-86-70-40-54(114-46-92(10,11)12)24-32-62(70)78(100-82)106-86/h19-42H,43-48H2,1-18H3,(H2,95,97,99,101,103,105,107,109)(H2,96,98,100,102,104,106,108,110). The van der Waals surface area contributed by atoms with E-state index in [1.807, 2.05) is 109 Å². The largest absolute Gasteiger partial charge is 0.493 e. The van der Waals surface area contributed by atoms with Gasteiger partial charge in [0.05, 0.1) is 39.6 Å². The molecule has 10 heterocycles. The first kappa shape index (κ1) is 74.7. The normalized spacial score (nSPS) is 12.9. The third-order valence-electron chi connectivity index (χ3n) is 19.9. The van der Waals surface area contributed by atoms with Crippen molar-refractivity contribution in [1.29, 1.82) is 0 Å². The molecule has 4 aliphatic rings. The summed E-state index contributed by atoms with van der Waals surface area (Å²) >= 11 is 0. The summed E-state index contributed by atoms with van der Waals surface area (Å²) in [6.45, 7) is 41.7. The van der Waals surface area contributed by atoms with Crippen LogP contribution in [0.15, 0.2) is 146 Å². The summed E-state index contributed by atoms with van der Waals surface area (Å²) in [4.78, 5) is 79.6. The summed E-state index contributed by atoms with van der Waals surface area (Å²) in [5.41, 5.74) is 11.4. The van der Waals surface area contributed by atoms with Crippen LogP contribution in [-0.2, 0) is 0 Å². The Kier molecular flexibility index (Phi) is 17.7. The van der Waals surface area contributed by atoms with Crippen LogP contribution < -0.4 is 28.4 Å². The summed E-state index contributed by atoms with van der Waals surface area (Å²) in [7, 11) is 0. The number of hydrogen-bond donors (Lipinski definition) is 4. The minimum atomic E-state index is -0.112. The smallest absolute Gasteiger partial charge is 0.164 e. The van der Waals surface area contributed by atoms with Crippen LogP contribution in [0.3, 0.4) is 0 Å². The van der Waals surface area contributed by atoms with Crippen molar-refractivity contribution in [2.75, 3.05) is 39.6 Å². The van der Waals surface area contributed by atoms with Gasteiger partial charge < -0.3 is 48.4 Å². The molecule has 0 aliphatic carbocycles. The van der Waals surface area contributed by atoms with Crippen molar-refractivity contribution in [2.24, 2.45) is 32.5 Å². The molecule has 116 heavy (non-hydrogen) atoms. The molecule has 0 amide bonds. The van der Waals surface area contributed by atoms with Crippen molar-refractivity contribution in [1.82, 2.24) is 79.7 Å². The molecule has 14 aromatic rings. The van der Waals surface area contributed by atoms with Gasteiger partial charge >= 0.3 is 0 Å². The first-order chi connectivity index (χ1) is 55.0. The number of hydrogen-bond acceptors (Lipinski definition) is 18. The number of rotatable bonds is 13. The predicted molar refractivity (Wildman–Crippen MR) is 461 cm³/mol. The molecule has 0 fully saturated rings. The van der Waals surface area contributed by atoms with Crippen LogP contribution in [-0.4, -0.2) is 119 Å². The highest BCUT2D eigenvalue weighted by Gasteiger charge is 2.30. The van der Waals surface area contributed by atoms with E-state index in [9.17, 15) is 0 Å². The Hall–Kier alpha value is -12.7. The number of aromatic nitrogens is 16. The van der Waals surface area contributed by atoms with Gasteiger partial charge in [0.25, 0.3) is 0 Å². The average Bonchev–Trinajstić information content (AvgIpc) is 1.60. The van der Waals surface area contributed by atoms with E-state index in [1.165, 1.54) is 0 Å². The van der Waals surface area contributed by atoms with Gasteiger partial charge in [0.1, 0.15) is 79.7 Å². The number of ether oxygens (including phenoxy) is 6. The molecule has 22 heteroatoms. The SMILES string of the molecule is CC(C)(C)COc1ccc2c(c1)-c1nc-2nc2[nH]c(nc3nc(nc4[nH]c(n1)c1cc(OCC(C)(C)C)ccc41)-c1cc(-c4ccc5c(c4)-c4nc-5nc5[nH]c(nc6nc(nc7[nH]c(n4)c4ccc(OCC(C)(C)C)cc74)-c4cc(OCC(C)(C)C)ccc4-6)c4cc(OCC(C)(C)C)ccc54)ccc1-3)c1ccc(OCC(C)(C)C)cc21. The van der Waals surface area contributed by atoms with Crippen molar-refractivity contribution >= 4 is 88.3 Å². The number of nitrogens with one attached hydrogen (secondary N) is 4. The van der Waals surface area contributed by atoms with Crippen LogP contribution in [0, 0.1) is 32.5 Å². The Morgan fingerprint density at radius 2 is 0.371 bits per heavy atom. The third kappa shape index (κ3) is 15.2. The minimum Gasteiger partial charge on any atom is -0.493 e. The van der Waals surface area contributed by atoms with Crippen molar-refractivity contribution < 1.29 is 28.4 Å². The molecule has 18 rings (SSSR count). The van der Waals surface area contributed by atoms with Gasteiger partial charge in [0, 0.05) is 87.6 Å². The number of aromatic amines is 4. The highest BCUT2D eigenvalue weighted by atomic mass is 16.5. The van der Waals surface area contributed by atoms with Crippen LogP contribution >= 0.6 is 0 Å². The maximum absolute atomic E-state index is 6.52. The lowest BCUT2D eigenvalue weighted by Crippen LogP contribution is -2.16. The molecule has 4 N–H and O–H groups in total. The highest BCUT2D eigenvalue weighted by molar-refractivity contribution is 6.09. The molecular weight excluding hydrogens is 1450 g/mol. The molecule has 0 radical (unpaired) electrons. The second kappa shape index (κ2) is 27.5. The maximum atomic E-state index is 6.52. The summed E-state index contributed by atoms with van der Waals surface area (Å²) in [6.07, 6.45) is 0. The lowest BCUT2D eigenvalue weighted by Gasteiger charge is -2.19. The van der Waals surface area contributed by atoms with Gasteiger partial charge in [-0.15, -0.1) is 0 Å². The summed E-state index contributed by atoms with van der Waals surface area (Å²) in [5, 5.41) is 6.29. The van der Waals surface area contributed by atoms with E-state index in [-0.39, 0.29) is 32.5 Å². The highest BCUT2D eigenvalue weighted by Crippen LogP contribution is 2.46. The molecule has 8 aromatic carbocycles. The van der Waals surface area contributed by atoms with E-state index in [4.69, 9.17) is 88.2 Å². The van der Waals surface area contributed by atoms with Gasteiger partial charge in [-0.3, -0.25) is 0 Å². The van der Waals surface area contributed by atoms with E-state index in [1.54, 1.807) is 0 Å². The molecule has 0 saturated heterocycles. The first-order valence-electron chi connectivity index (χ1n) is 39.6. The van der Waals surface area contributed by atoms with Crippen molar-refractivity contribution in [3.63, 3.8) is 0 Å². The third-order valence-corrected chi connectivity index (χ3v) is 19.9. The fraction of sp³-hybridized carbons (Fsp3) is 0.319. The molecule has 4 aliphatic heterocycles. The van der Waals surface area contributed by atoms with Gasteiger partial charge in [-0.1, -0.05) is 137 Å². The second-order valence-electron chi connectivity index (χ2n) is 38.1. The lowest BCUT2D eigenvalue weighted by molar-refractivity contribution is 0.198. The monoisotopic (exact) mass is 1540 g/mol. The quantitative estimate of drug-likeness (QED) is 0.0835. The Bertz CT molecular complexity index is 6360. The number of fused-ring (bicyclic) bond motifs is 40. The fourth-order valence-electron chi connectivity index (χ4n) is 14.2. The maximum Gasteiger partial charge on any atom is 0.164 e. The number of benzene rings is 8. The van der Waals surface area contributed by atoms with Crippen molar-refractivity contribution in [3.05, 3.63) is 146 Å². The van der Waals surface area contributed by atoms with Gasteiger partial charge in [-0.2, -0.15) is 0 Å². The van der Waals surface area contributed by atoms with Crippen LogP contribution in [0.2, 0.25) is 0 Å². The summed E-state index contributed by atoms with van der Waals surface area (Å²) in [6, 6.07) is 48.6. The number of H-pyrrole nitrogens is 4. The zero-order chi connectivity index (χ0) is 80.9. The Morgan fingerprint density at radius 3 is 0.595 bits per heavy atom. The Labute approximate surface area is 671 Å². The van der Waals surface area contributed by atoms with Crippen LogP contribution in [0.4, 0.5) is 0 Å². The Morgan fingerprint density at radius 1 is 0.190 bits per heavy atom. The van der Waals surface area contributed by atoms with Crippen LogP contribution in [0.5, 0.6) is 34.5 Å². The van der Waals surface area contributed by atoms with Crippen molar-refractivity contribution in [3.8, 4) is 137 Å². The van der Waals surface area contributed by atoms with Gasteiger partial charge in [0.15, 0.2) is 46.6 Å². The first-order valence-corrected chi connectivity index (χ1v) is 39.6. The van der Waals surface area contributed by atoms with E-state index < -0.39 is 0 Å². The molecule has 0 unspecified atom stereocenters. The van der Waals surface area contributed by atoms with E-state index >= 15 is 0 Å². The molecule has 0 spiro atoms. The van der Waals surface area contributed by atoms with Crippen LogP contribution in [0.1, 0.15) is 125 Å². The molecule has 0 saturated carbocycles. The molecule has 22 nitrogen and oxygen atoms in total. The summed E-state index contributed by atoms with van der Waals surface area (Å²) in [5.74, 6) is 7.63. The molecular formula is C94H94N16O6. The molecule has 586 valence electrons. The van der Waals surface area contributed by atoms with Gasteiger partial charge in [-0.05, 0) is 177 Å². The molecule has 0 atom stereocenters. The van der Waals surface area contributed by atoms with Gasteiger partial charge in [0.2, 0.25) is 0 Å². The topological polar surface area (TPSA) is 273 Å². The van der Waals surface area contributed by atoms with Gasteiger partial charge in [-0.25, -0.2) is 59.8 Å². The molecule has 6 aromatic heterocycles. The predicted octanol–water partition coefficient (Wildman–Crippen LogP) is 22.3. The van der Waals surface area contributed by atoms with E-state index in [0.29, 0.717) is 166 Å². The minimum absolute atomic E-state index is 0.0968. The average molecular weight is 1540 g/mol. The summed E-state index contributed by atoms with van der Waals surface area (Å²) < 4.78 is 38.9. The number of nitrogens with zero attached hydrogens (tertiary/aromatic N) is 12. The lowest BCUT2D eigenvalue weighted by atomic mass is 9.96. The molecule has 16 bridgehead atoms.